The van der Waals surface area contributed by atoms with Gasteiger partial charge >= 0.3 is 0 Å². The fourth-order valence-electron chi connectivity index (χ4n) is 1.25. The van der Waals surface area contributed by atoms with Gasteiger partial charge in [0.05, 0.1) is 0 Å². The summed E-state index contributed by atoms with van der Waals surface area (Å²) in [6.07, 6.45) is 0.458. The Morgan fingerprint density at radius 2 is 2.27 bits per heavy atom. The normalized spacial score (nSPS) is 20.1. The quantitative estimate of drug-likeness (QED) is 0.554. The van der Waals surface area contributed by atoms with E-state index in [-0.39, 0.29) is 6.10 Å². The number of fused-ring (bicyclic) bond motifs is 1. The van der Waals surface area contributed by atoms with Gasteiger partial charge in [-0.05, 0) is 11.6 Å². The van der Waals surface area contributed by atoms with Gasteiger partial charge in [0.15, 0.2) is 6.10 Å². The van der Waals surface area contributed by atoms with Crippen molar-refractivity contribution in [2.75, 3.05) is 0 Å². The third-order valence-electron chi connectivity index (χ3n) is 1.79. The first-order chi connectivity index (χ1) is 5.40. The van der Waals surface area contributed by atoms with E-state index in [1.165, 1.54) is 0 Å². The number of para-hydroxylation sites is 1. The maximum Gasteiger partial charge on any atom is 0.188 e. The van der Waals surface area contributed by atoms with Gasteiger partial charge in [-0.1, -0.05) is 18.2 Å². The van der Waals surface area contributed by atoms with Crippen LogP contribution in [0.25, 0.3) is 0 Å². The van der Waals surface area contributed by atoms with E-state index in [1.807, 2.05) is 24.3 Å². The van der Waals surface area contributed by atoms with E-state index >= 15 is 0 Å². The molecule has 0 bridgehead atoms. The highest BCUT2D eigenvalue weighted by Gasteiger charge is 2.20. The third-order valence-corrected chi connectivity index (χ3v) is 1.79. The van der Waals surface area contributed by atoms with Crippen LogP contribution in [0.2, 0.25) is 0 Å². The molecule has 0 aliphatic carbocycles. The van der Waals surface area contributed by atoms with Crippen molar-refractivity contribution in [1.29, 1.82) is 5.26 Å². The number of rotatable bonds is 0. The standard InChI is InChI=1S/C9H7NO/c10-6-8-5-7-3-1-2-4-9(7)11-8/h1-4,8H,5H2/t8-/m0/s1. The van der Waals surface area contributed by atoms with E-state index in [0.29, 0.717) is 0 Å². The van der Waals surface area contributed by atoms with Crippen LogP contribution in [0, 0.1) is 11.3 Å². The molecule has 2 heteroatoms. The molecule has 54 valence electrons. The molecule has 0 amide bonds. The van der Waals surface area contributed by atoms with E-state index in [1.54, 1.807) is 0 Å². The van der Waals surface area contributed by atoms with Gasteiger partial charge in [-0.2, -0.15) is 5.26 Å². The van der Waals surface area contributed by atoms with Crippen LogP contribution in [0.5, 0.6) is 5.75 Å². The molecule has 0 radical (unpaired) electrons. The van der Waals surface area contributed by atoms with E-state index in [2.05, 4.69) is 6.07 Å². The van der Waals surface area contributed by atoms with Gasteiger partial charge in [0.1, 0.15) is 11.8 Å². The lowest BCUT2D eigenvalue weighted by Crippen LogP contribution is -2.08. The van der Waals surface area contributed by atoms with Crippen molar-refractivity contribution in [3.63, 3.8) is 0 Å². The molecule has 0 saturated carbocycles. The molecule has 1 heterocycles. The highest BCUT2D eigenvalue weighted by atomic mass is 16.5. The average molecular weight is 145 g/mol. The Hall–Kier alpha value is -1.49. The molecule has 1 aromatic carbocycles. The molecule has 1 atom stereocenters. The second kappa shape index (κ2) is 2.28. The van der Waals surface area contributed by atoms with Gasteiger partial charge in [-0.3, -0.25) is 0 Å². The molecule has 1 aliphatic rings. The lowest BCUT2D eigenvalue weighted by atomic mass is 10.1. The van der Waals surface area contributed by atoms with Crippen molar-refractivity contribution in [3.8, 4) is 11.8 Å². The molecule has 2 rings (SSSR count). The number of nitriles is 1. The minimum Gasteiger partial charge on any atom is -0.475 e. The number of hydrogen-bond acceptors (Lipinski definition) is 2. The van der Waals surface area contributed by atoms with Crippen molar-refractivity contribution in [2.24, 2.45) is 0 Å². The van der Waals surface area contributed by atoms with E-state index in [0.717, 1.165) is 17.7 Å². The largest absolute Gasteiger partial charge is 0.475 e. The van der Waals surface area contributed by atoms with Crippen LogP contribution in [-0.2, 0) is 6.42 Å². The summed E-state index contributed by atoms with van der Waals surface area (Å²) in [6.45, 7) is 0. The van der Waals surface area contributed by atoms with Gasteiger partial charge in [0, 0.05) is 6.42 Å². The van der Waals surface area contributed by atoms with Crippen LogP contribution in [0.4, 0.5) is 0 Å². The maximum atomic E-state index is 8.56. The smallest absolute Gasteiger partial charge is 0.188 e. The Kier molecular flexibility index (Phi) is 1.29. The second-order valence-corrected chi connectivity index (χ2v) is 2.55. The van der Waals surface area contributed by atoms with Crippen molar-refractivity contribution in [2.45, 2.75) is 12.5 Å². The summed E-state index contributed by atoms with van der Waals surface area (Å²) in [6, 6.07) is 9.85. The predicted molar refractivity (Wildman–Crippen MR) is 40.2 cm³/mol. The predicted octanol–water partition coefficient (Wildman–Crippen LogP) is 1.51. The van der Waals surface area contributed by atoms with Crippen LogP contribution in [0.15, 0.2) is 24.3 Å². The Labute approximate surface area is 65.0 Å². The number of nitrogens with zero attached hydrogens (tertiary/aromatic N) is 1. The molecule has 0 N–H and O–H groups in total. The minimum absolute atomic E-state index is 0.271. The van der Waals surface area contributed by atoms with Crippen molar-refractivity contribution in [1.82, 2.24) is 0 Å². The van der Waals surface area contributed by atoms with Gasteiger partial charge in [0.25, 0.3) is 0 Å². The SMILES string of the molecule is N#C[C@@H]1Cc2ccccc2O1. The maximum absolute atomic E-state index is 8.56. The van der Waals surface area contributed by atoms with Gasteiger partial charge in [0.2, 0.25) is 0 Å². The summed E-state index contributed by atoms with van der Waals surface area (Å²) in [5.41, 5.74) is 1.14. The zero-order valence-corrected chi connectivity index (χ0v) is 5.95. The number of benzene rings is 1. The van der Waals surface area contributed by atoms with Crippen LogP contribution in [-0.4, -0.2) is 6.10 Å². The molecule has 11 heavy (non-hydrogen) atoms. The molecule has 1 aromatic rings. The Balaban J connectivity index is 2.35. The molecule has 0 aromatic heterocycles. The highest BCUT2D eigenvalue weighted by molar-refractivity contribution is 5.38. The molecule has 0 spiro atoms. The second-order valence-electron chi connectivity index (χ2n) is 2.55. The molecule has 1 aliphatic heterocycles. The Bertz CT molecular complexity index is 289. The molecule has 2 nitrogen and oxygen atoms in total. The van der Waals surface area contributed by atoms with E-state index < -0.39 is 0 Å². The summed E-state index contributed by atoms with van der Waals surface area (Å²) in [4.78, 5) is 0. The average Bonchev–Trinajstić information content (AvgIpc) is 2.46. The Morgan fingerprint density at radius 1 is 1.45 bits per heavy atom. The third kappa shape index (κ3) is 0.947. The van der Waals surface area contributed by atoms with E-state index in [4.69, 9.17) is 10.00 Å². The monoisotopic (exact) mass is 145 g/mol. The van der Waals surface area contributed by atoms with Gasteiger partial charge < -0.3 is 4.74 Å². The molecule has 0 saturated heterocycles. The first-order valence-corrected chi connectivity index (χ1v) is 3.54. The highest BCUT2D eigenvalue weighted by Crippen LogP contribution is 2.27. The van der Waals surface area contributed by atoms with Crippen molar-refractivity contribution in [3.05, 3.63) is 29.8 Å². The minimum atomic E-state index is -0.271. The molecular weight excluding hydrogens is 138 g/mol. The van der Waals surface area contributed by atoms with Gasteiger partial charge in [-0.25, -0.2) is 0 Å². The number of ether oxygens (including phenoxy) is 1. The lowest BCUT2D eigenvalue weighted by molar-refractivity contribution is 0.290. The molecule has 0 unspecified atom stereocenters. The van der Waals surface area contributed by atoms with Crippen LogP contribution >= 0.6 is 0 Å². The Morgan fingerprint density at radius 3 is 3.00 bits per heavy atom. The van der Waals surface area contributed by atoms with Crippen LogP contribution in [0.3, 0.4) is 0 Å². The first kappa shape index (κ1) is 6.23. The molecular formula is C9H7NO. The van der Waals surface area contributed by atoms with Crippen LogP contribution in [0.1, 0.15) is 5.56 Å². The zero-order chi connectivity index (χ0) is 7.68. The fourth-order valence-corrected chi connectivity index (χ4v) is 1.25. The summed E-state index contributed by atoms with van der Waals surface area (Å²) < 4.78 is 5.29. The molecule has 0 fully saturated rings. The fraction of sp³-hybridized carbons (Fsp3) is 0.222. The number of hydrogen-bond donors (Lipinski definition) is 0. The van der Waals surface area contributed by atoms with Crippen LogP contribution < -0.4 is 4.74 Å². The van der Waals surface area contributed by atoms with Gasteiger partial charge in [-0.15, -0.1) is 0 Å². The van der Waals surface area contributed by atoms with E-state index in [9.17, 15) is 0 Å². The van der Waals surface area contributed by atoms with Crippen molar-refractivity contribution < 1.29 is 4.74 Å². The summed E-state index contributed by atoms with van der Waals surface area (Å²) >= 11 is 0. The first-order valence-electron chi connectivity index (χ1n) is 3.54. The zero-order valence-electron chi connectivity index (χ0n) is 5.95. The topological polar surface area (TPSA) is 33.0 Å². The summed E-state index contributed by atoms with van der Waals surface area (Å²) in [5, 5.41) is 8.56. The summed E-state index contributed by atoms with van der Waals surface area (Å²) in [7, 11) is 0. The summed E-state index contributed by atoms with van der Waals surface area (Å²) in [5.74, 6) is 0.860. The van der Waals surface area contributed by atoms with Crippen molar-refractivity contribution >= 4 is 0 Å². The lowest BCUT2D eigenvalue weighted by Gasteiger charge is -1.98.